The van der Waals surface area contributed by atoms with Crippen molar-refractivity contribution in [2.45, 2.75) is 37.6 Å². The molecule has 0 aliphatic heterocycles. The van der Waals surface area contributed by atoms with Crippen LogP contribution in [0.5, 0.6) is 0 Å². The van der Waals surface area contributed by atoms with Crippen molar-refractivity contribution in [1.29, 1.82) is 0 Å². The average Bonchev–Trinajstić information content (AvgIpc) is 2.37. The molecular weight excluding hydrogens is 291 g/mol. The summed E-state index contributed by atoms with van der Waals surface area (Å²) < 4.78 is 13.4. The van der Waals surface area contributed by atoms with Crippen molar-refractivity contribution < 1.29 is 14.3 Å². The second kappa shape index (κ2) is 5.97. The number of benzene rings is 1. The normalized spacial score (nSPS) is 11.8. The maximum absolute atomic E-state index is 13.4. The van der Waals surface area contributed by atoms with Gasteiger partial charge in [-0.3, -0.25) is 4.79 Å². The molecule has 0 saturated carbocycles. The zero-order valence-electron chi connectivity index (χ0n) is 12.2. The lowest BCUT2D eigenvalue weighted by atomic mass is 9.95. The molecule has 1 aromatic heterocycles. The van der Waals surface area contributed by atoms with Crippen LogP contribution >= 0.6 is 11.8 Å². The number of aromatic nitrogens is 2. The first-order valence-corrected chi connectivity index (χ1v) is 7.58. The van der Waals surface area contributed by atoms with E-state index in [1.807, 2.05) is 20.8 Å². The summed E-state index contributed by atoms with van der Waals surface area (Å²) in [7, 11) is 0. The number of nitrogens with zero attached hydrogens (tertiary/aromatic N) is 2. The minimum absolute atomic E-state index is 0.0380. The summed E-state index contributed by atoms with van der Waals surface area (Å²) in [5.41, 5.74) is 0.444. The number of thioether (sulfide) groups is 1. The number of halogens is 1. The van der Waals surface area contributed by atoms with Gasteiger partial charge in [-0.1, -0.05) is 20.8 Å². The molecule has 0 fully saturated rings. The first kappa shape index (κ1) is 15.7. The Morgan fingerprint density at radius 1 is 1.33 bits per heavy atom. The Morgan fingerprint density at radius 2 is 2.05 bits per heavy atom. The van der Waals surface area contributed by atoms with Crippen molar-refractivity contribution in [1.82, 2.24) is 9.97 Å². The summed E-state index contributed by atoms with van der Waals surface area (Å²) in [6.07, 6.45) is 0.0380. The number of aliphatic carboxylic acids is 1. The Labute approximate surface area is 126 Å². The molecule has 2 rings (SSSR count). The lowest BCUT2D eigenvalue weighted by Gasteiger charge is -2.18. The lowest BCUT2D eigenvalue weighted by Crippen LogP contribution is -2.16. The van der Waals surface area contributed by atoms with Crippen LogP contribution in [-0.4, -0.2) is 26.8 Å². The molecule has 112 valence electrons. The van der Waals surface area contributed by atoms with Crippen molar-refractivity contribution >= 4 is 28.6 Å². The molecular formula is C15H17FN2O2S. The van der Waals surface area contributed by atoms with Crippen LogP contribution in [-0.2, 0) is 10.2 Å². The molecule has 0 aliphatic rings. The van der Waals surface area contributed by atoms with Crippen molar-refractivity contribution in [2.24, 2.45) is 0 Å². The van der Waals surface area contributed by atoms with E-state index in [0.717, 1.165) is 0 Å². The molecule has 0 amide bonds. The Bertz CT molecular complexity index is 683. The van der Waals surface area contributed by atoms with Gasteiger partial charge in [-0.05, 0) is 18.2 Å². The van der Waals surface area contributed by atoms with Crippen LogP contribution in [0.15, 0.2) is 23.2 Å². The highest BCUT2D eigenvalue weighted by Crippen LogP contribution is 2.29. The van der Waals surface area contributed by atoms with Gasteiger partial charge < -0.3 is 5.11 Å². The Balaban J connectivity index is 2.47. The van der Waals surface area contributed by atoms with E-state index in [1.54, 1.807) is 6.07 Å². The van der Waals surface area contributed by atoms with Gasteiger partial charge in [0.25, 0.3) is 0 Å². The molecule has 6 heteroatoms. The van der Waals surface area contributed by atoms with E-state index in [4.69, 9.17) is 5.11 Å². The second-order valence-corrected chi connectivity index (χ2v) is 6.84. The van der Waals surface area contributed by atoms with E-state index in [0.29, 0.717) is 27.5 Å². The van der Waals surface area contributed by atoms with Crippen molar-refractivity contribution in [3.63, 3.8) is 0 Å². The van der Waals surface area contributed by atoms with Gasteiger partial charge in [-0.15, -0.1) is 11.8 Å². The van der Waals surface area contributed by atoms with Crippen LogP contribution in [0, 0.1) is 5.82 Å². The molecule has 0 unspecified atom stereocenters. The fourth-order valence-corrected chi connectivity index (χ4v) is 2.69. The third kappa shape index (κ3) is 3.91. The largest absolute Gasteiger partial charge is 0.481 e. The maximum atomic E-state index is 13.4. The number of rotatable bonds is 4. The van der Waals surface area contributed by atoms with E-state index in [-0.39, 0.29) is 17.7 Å². The van der Waals surface area contributed by atoms with Gasteiger partial charge in [-0.25, -0.2) is 14.4 Å². The van der Waals surface area contributed by atoms with Gasteiger partial charge in [-0.2, -0.15) is 0 Å². The minimum atomic E-state index is -0.858. The van der Waals surface area contributed by atoms with Crippen LogP contribution in [0.1, 0.15) is 33.0 Å². The Kier molecular flexibility index (Phi) is 4.46. The first-order valence-electron chi connectivity index (χ1n) is 6.60. The minimum Gasteiger partial charge on any atom is -0.481 e. The topological polar surface area (TPSA) is 63.1 Å². The fourth-order valence-electron chi connectivity index (χ4n) is 1.75. The summed E-state index contributed by atoms with van der Waals surface area (Å²) in [6, 6.07) is 4.39. The van der Waals surface area contributed by atoms with Crippen LogP contribution < -0.4 is 0 Å². The van der Waals surface area contributed by atoms with Crippen LogP contribution in [0.3, 0.4) is 0 Å². The smallest absolute Gasteiger partial charge is 0.304 e. The molecule has 0 atom stereocenters. The zero-order valence-corrected chi connectivity index (χ0v) is 13.0. The summed E-state index contributed by atoms with van der Waals surface area (Å²) in [5, 5.41) is 9.98. The van der Waals surface area contributed by atoms with Crippen LogP contribution in [0.2, 0.25) is 0 Å². The zero-order chi connectivity index (χ0) is 15.6. The molecule has 1 N–H and O–H groups in total. The third-order valence-electron chi connectivity index (χ3n) is 2.85. The molecule has 0 aliphatic carbocycles. The van der Waals surface area contributed by atoms with Crippen molar-refractivity contribution in [3.8, 4) is 0 Å². The van der Waals surface area contributed by atoms with Crippen LogP contribution in [0.4, 0.5) is 4.39 Å². The van der Waals surface area contributed by atoms with Gasteiger partial charge in [0.1, 0.15) is 16.7 Å². The van der Waals surface area contributed by atoms with E-state index >= 15 is 0 Å². The Hall–Kier alpha value is -1.69. The first-order chi connectivity index (χ1) is 9.77. The van der Waals surface area contributed by atoms with E-state index in [9.17, 15) is 9.18 Å². The molecule has 1 heterocycles. The summed E-state index contributed by atoms with van der Waals surface area (Å²) in [6.45, 7) is 6.01. The van der Waals surface area contributed by atoms with Gasteiger partial charge >= 0.3 is 5.97 Å². The molecule has 0 bridgehead atoms. The molecule has 21 heavy (non-hydrogen) atoms. The molecule has 0 spiro atoms. The number of carboxylic acid groups (broad SMARTS) is 1. The lowest BCUT2D eigenvalue weighted by molar-refractivity contribution is -0.136. The monoisotopic (exact) mass is 308 g/mol. The summed E-state index contributed by atoms with van der Waals surface area (Å²) >= 11 is 1.32. The number of carbonyl (C=O) groups is 1. The van der Waals surface area contributed by atoms with Crippen molar-refractivity contribution in [3.05, 3.63) is 29.8 Å². The predicted molar refractivity (Wildman–Crippen MR) is 81.2 cm³/mol. The standard InChI is InChI=1S/C15H17FN2O2S/c1-15(2,3)14-17-11-5-4-9(16)8-10(11)13(18-14)21-7-6-12(19)20/h4-5,8H,6-7H2,1-3H3,(H,19,20). The third-order valence-corrected chi connectivity index (χ3v) is 3.84. The number of hydrogen-bond acceptors (Lipinski definition) is 4. The van der Waals surface area contributed by atoms with Gasteiger partial charge in [0.15, 0.2) is 0 Å². The van der Waals surface area contributed by atoms with Crippen LogP contribution in [0.25, 0.3) is 10.9 Å². The average molecular weight is 308 g/mol. The number of fused-ring (bicyclic) bond motifs is 1. The highest BCUT2D eigenvalue weighted by atomic mass is 32.2. The highest BCUT2D eigenvalue weighted by molar-refractivity contribution is 7.99. The van der Waals surface area contributed by atoms with E-state index in [1.165, 1.54) is 23.9 Å². The van der Waals surface area contributed by atoms with Gasteiger partial charge in [0, 0.05) is 16.6 Å². The molecule has 2 aromatic rings. The SMILES string of the molecule is CC(C)(C)c1nc(SCCC(=O)O)c2cc(F)ccc2n1. The highest BCUT2D eigenvalue weighted by Gasteiger charge is 2.20. The molecule has 0 saturated heterocycles. The second-order valence-electron chi connectivity index (χ2n) is 5.76. The maximum Gasteiger partial charge on any atom is 0.304 e. The number of carboxylic acids is 1. The van der Waals surface area contributed by atoms with Gasteiger partial charge in [0.05, 0.1) is 11.9 Å². The van der Waals surface area contributed by atoms with E-state index < -0.39 is 5.97 Å². The van der Waals surface area contributed by atoms with Gasteiger partial charge in [0.2, 0.25) is 0 Å². The fraction of sp³-hybridized carbons (Fsp3) is 0.400. The molecule has 4 nitrogen and oxygen atoms in total. The summed E-state index contributed by atoms with van der Waals surface area (Å²) in [5.74, 6) is -0.154. The number of hydrogen-bond donors (Lipinski definition) is 1. The quantitative estimate of drug-likeness (QED) is 0.690. The molecule has 0 radical (unpaired) electrons. The Morgan fingerprint density at radius 3 is 2.67 bits per heavy atom. The predicted octanol–water partition coefficient (Wildman–Crippen LogP) is 3.63. The van der Waals surface area contributed by atoms with E-state index in [2.05, 4.69) is 9.97 Å². The van der Waals surface area contributed by atoms with Crippen molar-refractivity contribution in [2.75, 3.05) is 5.75 Å². The summed E-state index contributed by atoms with van der Waals surface area (Å²) in [4.78, 5) is 19.6. The molecule has 1 aromatic carbocycles.